The van der Waals surface area contributed by atoms with Crippen LogP contribution in [0.5, 0.6) is 0 Å². The maximum atomic E-state index is 12.8. The number of hydrogen-bond donors (Lipinski definition) is 2. The first-order valence-electron chi connectivity index (χ1n) is 9.34. The molecule has 0 bridgehead atoms. The molecule has 0 aliphatic rings. The van der Waals surface area contributed by atoms with Crippen LogP contribution < -0.4 is 10.0 Å². The number of para-hydroxylation sites is 1. The minimum absolute atomic E-state index is 0.161. The van der Waals surface area contributed by atoms with E-state index in [1.54, 1.807) is 35.3 Å². The van der Waals surface area contributed by atoms with Crippen molar-refractivity contribution >= 4 is 37.8 Å². The molecule has 9 nitrogen and oxygen atoms in total. The normalized spacial score (nSPS) is 11.9. The smallest absolute Gasteiger partial charge is 0.242 e. The summed E-state index contributed by atoms with van der Waals surface area (Å²) < 4.78 is 29.9. The minimum atomic E-state index is -3.71. The zero-order valence-electron chi connectivity index (χ0n) is 15.9. The highest BCUT2D eigenvalue weighted by molar-refractivity contribution is 7.89. The molecular weight excluding hydrogens is 390 g/mol. The Morgan fingerprint density at radius 1 is 1.07 bits per heavy atom. The molecule has 0 atom stereocenters. The molecule has 0 aliphatic carbocycles. The summed E-state index contributed by atoms with van der Waals surface area (Å²) in [5, 5.41) is 9.16. The number of sulfonamides is 1. The first kappa shape index (κ1) is 19.2. The van der Waals surface area contributed by atoms with Crippen LogP contribution in [0.2, 0.25) is 0 Å². The summed E-state index contributed by atoms with van der Waals surface area (Å²) in [4.78, 5) is 12.9. The van der Waals surface area contributed by atoms with Gasteiger partial charge in [0.1, 0.15) is 17.0 Å². The van der Waals surface area contributed by atoms with E-state index in [9.17, 15) is 8.42 Å². The maximum absolute atomic E-state index is 12.8. The molecule has 1 aromatic carbocycles. The molecule has 4 aromatic rings. The van der Waals surface area contributed by atoms with Gasteiger partial charge in [0.2, 0.25) is 10.0 Å². The van der Waals surface area contributed by atoms with Gasteiger partial charge in [-0.15, -0.1) is 0 Å². The number of hydrogen-bond acceptors (Lipinski definition) is 7. The van der Waals surface area contributed by atoms with Crippen LogP contribution in [0.15, 0.2) is 53.9 Å². The topological polar surface area (TPSA) is 115 Å². The number of rotatable bonds is 8. The van der Waals surface area contributed by atoms with E-state index in [1.165, 1.54) is 6.33 Å². The Bertz CT molecular complexity index is 1250. The van der Waals surface area contributed by atoms with Crippen molar-refractivity contribution in [3.05, 3.63) is 49.1 Å². The van der Waals surface area contributed by atoms with Crippen molar-refractivity contribution in [2.24, 2.45) is 0 Å². The van der Waals surface area contributed by atoms with Crippen LogP contribution in [0.25, 0.3) is 21.9 Å². The van der Waals surface area contributed by atoms with Gasteiger partial charge in [-0.1, -0.05) is 25.1 Å². The summed E-state index contributed by atoms with van der Waals surface area (Å²) in [6.07, 6.45) is 5.73. The lowest BCUT2D eigenvalue weighted by Gasteiger charge is -2.09. The Morgan fingerprint density at radius 3 is 2.79 bits per heavy atom. The highest BCUT2D eigenvalue weighted by Gasteiger charge is 2.18. The molecule has 2 N–H and O–H groups in total. The third-order valence-electron chi connectivity index (χ3n) is 4.48. The summed E-state index contributed by atoms with van der Waals surface area (Å²) in [5.41, 5.74) is 1.11. The van der Waals surface area contributed by atoms with Crippen LogP contribution >= 0.6 is 0 Å². The number of benzene rings is 1. The molecule has 150 valence electrons. The second-order valence-corrected chi connectivity index (χ2v) is 8.22. The second-order valence-electron chi connectivity index (χ2n) is 6.48. The summed E-state index contributed by atoms with van der Waals surface area (Å²) >= 11 is 0. The fourth-order valence-corrected chi connectivity index (χ4v) is 4.30. The zero-order chi connectivity index (χ0) is 20.3. The average molecular weight is 411 g/mol. The lowest BCUT2D eigenvalue weighted by molar-refractivity contribution is 0.565. The van der Waals surface area contributed by atoms with E-state index in [-0.39, 0.29) is 11.4 Å². The van der Waals surface area contributed by atoms with Gasteiger partial charge in [0, 0.05) is 24.7 Å². The summed E-state index contributed by atoms with van der Waals surface area (Å²) in [5.74, 6) is 0.727. The number of nitrogens with one attached hydrogen (secondary N) is 2. The Labute approximate surface area is 168 Å². The first-order valence-corrected chi connectivity index (χ1v) is 10.8. The second kappa shape index (κ2) is 8.10. The lowest BCUT2D eigenvalue weighted by Crippen LogP contribution is -2.28. The van der Waals surface area contributed by atoms with E-state index in [2.05, 4.69) is 37.0 Å². The molecule has 0 amide bonds. The van der Waals surface area contributed by atoms with Gasteiger partial charge in [-0.05, 0) is 18.6 Å². The van der Waals surface area contributed by atoms with E-state index in [0.717, 1.165) is 29.6 Å². The van der Waals surface area contributed by atoms with Gasteiger partial charge in [0.15, 0.2) is 5.65 Å². The van der Waals surface area contributed by atoms with Gasteiger partial charge in [0.25, 0.3) is 0 Å². The predicted octanol–water partition coefficient (Wildman–Crippen LogP) is 2.17. The minimum Gasteiger partial charge on any atom is -0.369 e. The fourth-order valence-electron chi connectivity index (χ4n) is 3.10. The monoisotopic (exact) mass is 411 g/mol. The first-order chi connectivity index (χ1) is 14.1. The third kappa shape index (κ3) is 3.89. The van der Waals surface area contributed by atoms with Gasteiger partial charge in [-0.2, -0.15) is 5.10 Å². The van der Waals surface area contributed by atoms with Crippen molar-refractivity contribution in [3.63, 3.8) is 0 Å². The molecule has 0 radical (unpaired) electrons. The summed E-state index contributed by atoms with van der Waals surface area (Å²) in [6.45, 7) is 3.39. The van der Waals surface area contributed by atoms with Crippen molar-refractivity contribution < 1.29 is 8.42 Å². The average Bonchev–Trinajstić information content (AvgIpc) is 3.15. The third-order valence-corrected chi connectivity index (χ3v) is 5.97. The molecule has 29 heavy (non-hydrogen) atoms. The van der Waals surface area contributed by atoms with E-state index in [1.807, 2.05) is 12.1 Å². The lowest BCUT2D eigenvalue weighted by atomic mass is 10.2. The molecule has 0 fully saturated rings. The van der Waals surface area contributed by atoms with Crippen LogP contribution in [0.1, 0.15) is 13.3 Å². The number of fused-ring (bicyclic) bond motifs is 2. The van der Waals surface area contributed by atoms with Crippen molar-refractivity contribution in [2.45, 2.75) is 24.8 Å². The van der Waals surface area contributed by atoms with Gasteiger partial charge in [-0.25, -0.2) is 27.8 Å². The quantitative estimate of drug-likeness (QED) is 0.457. The van der Waals surface area contributed by atoms with Gasteiger partial charge < -0.3 is 5.32 Å². The fraction of sp³-hybridized carbons (Fsp3) is 0.263. The highest BCUT2D eigenvalue weighted by atomic mass is 32.2. The van der Waals surface area contributed by atoms with Crippen LogP contribution in [-0.2, 0) is 16.6 Å². The van der Waals surface area contributed by atoms with Crippen molar-refractivity contribution in [2.75, 3.05) is 18.4 Å². The van der Waals surface area contributed by atoms with E-state index in [4.69, 9.17) is 0 Å². The summed E-state index contributed by atoms with van der Waals surface area (Å²) in [7, 11) is -3.71. The number of anilines is 1. The SMILES string of the molecule is CCCNc1ncnc2c1cnn2CCNS(=O)(=O)c1cccc2cccnc12. The molecule has 0 unspecified atom stereocenters. The number of nitrogens with zero attached hydrogens (tertiary/aromatic N) is 5. The largest absolute Gasteiger partial charge is 0.369 e. The van der Waals surface area contributed by atoms with Gasteiger partial charge in [0.05, 0.1) is 23.6 Å². The van der Waals surface area contributed by atoms with E-state index < -0.39 is 10.0 Å². The van der Waals surface area contributed by atoms with Crippen LogP contribution in [-0.4, -0.2) is 46.2 Å². The van der Waals surface area contributed by atoms with Crippen molar-refractivity contribution in [3.8, 4) is 0 Å². The van der Waals surface area contributed by atoms with Gasteiger partial charge >= 0.3 is 0 Å². The predicted molar refractivity (Wildman–Crippen MR) is 111 cm³/mol. The zero-order valence-corrected chi connectivity index (χ0v) is 16.7. The molecule has 4 rings (SSSR count). The Morgan fingerprint density at radius 2 is 1.93 bits per heavy atom. The molecule has 0 aliphatic heterocycles. The van der Waals surface area contributed by atoms with E-state index in [0.29, 0.717) is 17.7 Å². The highest BCUT2D eigenvalue weighted by Crippen LogP contribution is 2.21. The van der Waals surface area contributed by atoms with Gasteiger partial charge in [-0.3, -0.25) is 4.98 Å². The summed E-state index contributed by atoms with van der Waals surface area (Å²) in [6, 6.07) is 8.71. The number of aromatic nitrogens is 5. The van der Waals surface area contributed by atoms with Crippen molar-refractivity contribution in [1.82, 2.24) is 29.5 Å². The molecule has 3 heterocycles. The molecule has 0 saturated heterocycles. The van der Waals surface area contributed by atoms with Crippen LogP contribution in [0.3, 0.4) is 0 Å². The molecule has 0 saturated carbocycles. The Kier molecular flexibility index (Phi) is 5.36. The van der Waals surface area contributed by atoms with Crippen LogP contribution in [0.4, 0.5) is 5.82 Å². The Hall–Kier alpha value is -3.11. The maximum Gasteiger partial charge on any atom is 0.242 e. The standard InChI is InChI=1S/C19H21N7O2S/c1-2-8-21-18-15-12-24-26(19(15)23-13-22-18)11-10-25-29(27,28)16-7-3-5-14-6-4-9-20-17(14)16/h3-7,9,12-13,25H,2,8,10-11H2,1H3,(H,21,22,23). The molecule has 0 spiro atoms. The van der Waals surface area contributed by atoms with E-state index >= 15 is 0 Å². The van der Waals surface area contributed by atoms with Crippen molar-refractivity contribution in [1.29, 1.82) is 0 Å². The molecule has 10 heteroatoms. The Balaban J connectivity index is 1.51. The molecule has 3 aromatic heterocycles. The van der Waals surface area contributed by atoms with Crippen LogP contribution in [0, 0.1) is 0 Å². The number of pyridine rings is 1. The molecular formula is C19H21N7O2S.